The quantitative estimate of drug-likeness (QED) is 0.861. The topological polar surface area (TPSA) is 57.6 Å². The maximum Gasteiger partial charge on any atom is 0.267 e. The number of hydrogen-bond donors (Lipinski definition) is 1. The van der Waals surface area contributed by atoms with Crippen molar-refractivity contribution in [1.82, 2.24) is 4.90 Å². The van der Waals surface area contributed by atoms with E-state index in [0.717, 1.165) is 16.7 Å². The smallest absolute Gasteiger partial charge is 0.267 e. The first kappa shape index (κ1) is 15.4. The number of benzene rings is 1. The van der Waals surface area contributed by atoms with Gasteiger partial charge in [0.05, 0.1) is 22.1 Å². The van der Waals surface area contributed by atoms with Gasteiger partial charge in [-0.15, -0.1) is 11.8 Å². The number of aliphatic hydroxyl groups is 1. The highest BCUT2D eigenvalue weighted by Gasteiger charge is 2.37. The molecule has 7 heteroatoms. The SMILES string of the molecule is CN1C(=O)C(SCCO)=C(c2ccc(Cl)cc2Cl)C1=O. The summed E-state index contributed by atoms with van der Waals surface area (Å²) in [6, 6.07) is 4.75. The minimum absolute atomic E-state index is 0.0824. The molecule has 2 amide bonds. The molecule has 4 nitrogen and oxygen atoms in total. The number of halogens is 2. The largest absolute Gasteiger partial charge is 0.396 e. The molecule has 0 radical (unpaired) electrons. The lowest BCUT2D eigenvalue weighted by atomic mass is 10.1. The fourth-order valence-corrected chi connectivity index (χ4v) is 3.23. The summed E-state index contributed by atoms with van der Waals surface area (Å²) in [7, 11) is 1.42. The van der Waals surface area contributed by atoms with Crippen LogP contribution in [0.15, 0.2) is 23.1 Å². The van der Waals surface area contributed by atoms with Crippen molar-refractivity contribution >= 4 is 52.4 Å². The Labute approximate surface area is 130 Å². The van der Waals surface area contributed by atoms with Gasteiger partial charge in [-0.05, 0) is 12.1 Å². The van der Waals surface area contributed by atoms with E-state index in [4.69, 9.17) is 28.3 Å². The van der Waals surface area contributed by atoms with Crippen LogP contribution in [-0.4, -0.2) is 41.2 Å². The van der Waals surface area contributed by atoms with E-state index >= 15 is 0 Å². The van der Waals surface area contributed by atoms with Gasteiger partial charge in [0, 0.05) is 23.4 Å². The van der Waals surface area contributed by atoms with Crippen molar-refractivity contribution in [3.8, 4) is 0 Å². The number of thioether (sulfide) groups is 1. The van der Waals surface area contributed by atoms with Crippen LogP contribution in [0.1, 0.15) is 5.56 Å². The van der Waals surface area contributed by atoms with E-state index < -0.39 is 5.91 Å². The summed E-state index contributed by atoms with van der Waals surface area (Å²) < 4.78 is 0. The van der Waals surface area contributed by atoms with Crippen molar-refractivity contribution in [3.05, 3.63) is 38.7 Å². The summed E-state index contributed by atoms with van der Waals surface area (Å²) in [5.41, 5.74) is 0.733. The minimum atomic E-state index is -0.403. The van der Waals surface area contributed by atoms with Crippen LogP contribution < -0.4 is 0 Å². The van der Waals surface area contributed by atoms with Gasteiger partial charge in [0.25, 0.3) is 11.8 Å². The number of nitrogens with zero attached hydrogens (tertiary/aromatic N) is 1. The summed E-state index contributed by atoms with van der Waals surface area (Å²) in [5.74, 6) is -0.453. The highest BCUT2D eigenvalue weighted by atomic mass is 35.5. The first-order valence-corrected chi connectivity index (χ1v) is 7.47. The molecule has 0 atom stereocenters. The van der Waals surface area contributed by atoms with Gasteiger partial charge in [0.2, 0.25) is 0 Å². The average Bonchev–Trinajstić information content (AvgIpc) is 2.61. The van der Waals surface area contributed by atoms with E-state index in [1.165, 1.54) is 13.1 Å². The second-order valence-electron chi connectivity index (χ2n) is 4.07. The highest BCUT2D eigenvalue weighted by Crippen LogP contribution is 2.38. The lowest BCUT2D eigenvalue weighted by molar-refractivity contribution is -0.134. The van der Waals surface area contributed by atoms with Gasteiger partial charge in [-0.1, -0.05) is 29.3 Å². The molecule has 1 heterocycles. The second kappa shape index (κ2) is 6.18. The molecule has 0 fully saturated rings. The van der Waals surface area contributed by atoms with E-state index in [1.807, 2.05) is 0 Å². The number of likely N-dealkylation sites (N-methyl/N-ethyl adjacent to an activating group) is 1. The Morgan fingerprint density at radius 2 is 1.95 bits per heavy atom. The van der Waals surface area contributed by atoms with Gasteiger partial charge in [0.1, 0.15) is 0 Å². The predicted molar refractivity (Wildman–Crippen MR) is 80.7 cm³/mol. The Morgan fingerprint density at radius 3 is 2.55 bits per heavy atom. The summed E-state index contributed by atoms with van der Waals surface area (Å²) >= 11 is 13.1. The number of carbonyl (C=O) groups excluding carboxylic acids is 2. The second-order valence-corrected chi connectivity index (χ2v) is 6.02. The molecule has 1 N–H and O–H groups in total. The number of hydrogen-bond acceptors (Lipinski definition) is 4. The molecule has 0 spiro atoms. The summed E-state index contributed by atoms with van der Waals surface area (Å²) in [4.78, 5) is 25.6. The first-order valence-electron chi connectivity index (χ1n) is 5.73. The Hall–Kier alpha value is -1.01. The van der Waals surface area contributed by atoms with E-state index in [9.17, 15) is 9.59 Å². The van der Waals surface area contributed by atoms with Gasteiger partial charge in [-0.3, -0.25) is 14.5 Å². The summed E-state index contributed by atoms with van der Waals surface area (Å²) in [5, 5.41) is 9.66. The number of aliphatic hydroxyl groups excluding tert-OH is 1. The van der Waals surface area contributed by atoms with E-state index in [0.29, 0.717) is 26.3 Å². The van der Waals surface area contributed by atoms with Gasteiger partial charge in [-0.2, -0.15) is 0 Å². The molecule has 0 aromatic heterocycles. The maximum atomic E-state index is 12.2. The summed E-state index contributed by atoms with van der Waals surface area (Å²) in [6.07, 6.45) is 0. The molecular formula is C13H11Cl2NO3S. The zero-order valence-corrected chi connectivity index (χ0v) is 12.8. The zero-order chi connectivity index (χ0) is 14.9. The van der Waals surface area contributed by atoms with Crippen LogP contribution in [0.5, 0.6) is 0 Å². The fourth-order valence-electron chi connectivity index (χ4n) is 1.83. The van der Waals surface area contributed by atoms with Crippen molar-refractivity contribution in [2.45, 2.75) is 0 Å². The Kier molecular flexibility index (Phi) is 4.75. The molecule has 20 heavy (non-hydrogen) atoms. The van der Waals surface area contributed by atoms with Crippen LogP contribution in [0, 0.1) is 0 Å². The van der Waals surface area contributed by atoms with Gasteiger partial charge in [-0.25, -0.2) is 0 Å². The van der Waals surface area contributed by atoms with E-state index in [1.54, 1.807) is 12.1 Å². The van der Waals surface area contributed by atoms with Crippen LogP contribution >= 0.6 is 35.0 Å². The molecule has 0 saturated heterocycles. The Bertz CT molecular complexity index is 616. The average molecular weight is 332 g/mol. The monoisotopic (exact) mass is 331 g/mol. The first-order chi connectivity index (χ1) is 9.47. The van der Waals surface area contributed by atoms with Crippen LogP contribution in [0.4, 0.5) is 0 Å². The standard InChI is InChI=1S/C13H11Cl2NO3S/c1-16-12(18)10(11(13(16)19)20-5-4-17)8-3-2-7(14)6-9(8)15/h2-3,6,17H,4-5H2,1H3. The third-order valence-electron chi connectivity index (χ3n) is 2.78. The predicted octanol–water partition coefficient (Wildman–Crippen LogP) is 2.43. The van der Waals surface area contributed by atoms with E-state index in [2.05, 4.69) is 0 Å². The number of carbonyl (C=O) groups is 2. The van der Waals surface area contributed by atoms with Gasteiger partial charge >= 0.3 is 0 Å². The summed E-state index contributed by atoms with van der Waals surface area (Å²) in [6.45, 7) is -0.0824. The Morgan fingerprint density at radius 1 is 1.25 bits per heavy atom. The van der Waals surface area contributed by atoms with E-state index in [-0.39, 0.29) is 18.1 Å². The van der Waals surface area contributed by atoms with Crippen LogP contribution in [0.2, 0.25) is 10.0 Å². The third kappa shape index (κ3) is 2.72. The molecule has 106 valence electrons. The highest BCUT2D eigenvalue weighted by molar-refractivity contribution is 8.04. The Balaban J connectivity index is 2.55. The van der Waals surface area contributed by atoms with Crippen molar-refractivity contribution < 1.29 is 14.7 Å². The van der Waals surface area contributed by atoms with Crippen molar-refractivity contribution in [2.24, 2.45) is 0 Å². The van der Waals surface area contributed by atoms with Crippen molar-refractivity contribution in [3.63, 3.8) is 0 Å². The number of imide groups is 1. The van der Waals surface area contributed by atoms with Gasteiger partial charge in [0.15, 0.2) is 0 Å². The van der Waals surface area contributed by atoms with Gasteiger partial charge < -0.3 is 5.11 Å². The van der Waals surface area contributed by atoms with Crippen LogP contribution in [0.25, 0.3) is 5.57 Å². The molecule has 0 unspecified atom stereocenters. The molecule has 0 bridgehead atoms. The molecule has 1 aromatic carbocycles. The minimum Gasteiger partial charge on any atom is -0.396 e. The normalized spacial score (nSPS) is 15.5. The fraction of sp³-hybridized carbons (Fsp3) is 0.231. The molecular weight excluding hydrogens is 321 g/mol. The lowest BCUT2D eigenvalue weighted by Gasteiger charge is -2.07. The van der Waals surface area contributed by atoms with Crippen molar-refractivity contribution in [1.29, 1.82) is 0 Å². The molecule has 1 aliphatic rings. The molecule has 2 rings (SSSR count). The number of amides is 2. The molecule has 0 saturated carbocycles. The molecule has 1 aliphatic heterocycles. The van der Waals surface area contributed by atoms with Crippen molar-refractivity contribution in [2.75, 3.05) is 19.4 Å². The molecule has 1 aromatic rings. The lowest BCUT2D eigenvalue weighted by Crippen LogP contribution is -2.26. The zero-order valence-electron chi connectivity index (χ0n) is 10.5. The van der Waals surface area contributed by atoms with Crippen LogP contribution in [-0.2, 0) is 9.59 Å². The maximum absolute atomic E-state index is 12.2. The van der Waals surface area contributed by atoms with Crippen LogP contribution in [0.3, 0.4) is 0 Å². The molecule has 0 aliphatic carbocycles. The third-order valence-corrected chi connectivity index (χ3v) is 4.38. The number of rotatable bonds is 4.